The topological polar surface area (TPSA) is 100 Å². The number of hydrogen-bond donors (Lipinski definition) is 3. The van der Waals surface area contributed by atoms with E-state index in [0.29, 0.717) is 30.0 Å². The van der Waals surface area contributed by atoms with Gasteiger partial charge in [0.2, 0.25) is 0 Å². The van der Waals surface area contributed by atoms with Crippen LogP contribution in [0, 0.1) is 6.92 Å². The van der Waals surface area contributed by atoms with Crippen molar-refractivity contribution in [2.45, 2.75) is 32.9 Å². The lowest BCUT2D eigenvalue weighted by Crippen LogP contribution is -2.37. The number of nitrogens with one attached hydrogen (secondary N) is 3. The van der Waals surface area contributed by atoms with E-state index in [9.17, 15) is 14.4 Å². The predicted molar refractivity (Wildman–Crippen MR) is 102 cm³/mol. The van der Waals surface area contributed by atoms with Crippen molar-refractivity contribution in [3.63, 3.8) is 0 Å². The Hall–Kier alpha value is -3.35. The van der Waals surface area contributed by atoms with Crippen LogP contribution >= 0.6 is 0 Å². The molecule has 1 atom stereocenters. The van der Waals surface area contributed by atoms with Crippen LogP contribution in [-0.4, -0.2) is 5.91 Å². The van der Waals surface area contributed by atoms with E-state index >= 15 is 0 Å². The largest absolute Gasteiger partial charge is 0.464 e. The SMILES string of the molecule is CCC(Nc1c(Nc2cccc3c2C(=O)NC3)c(=O)c1=O)c1ccc(C)o1. The maximum Gasteiger partial charge on any atom is 0.254 e. The quantitative estimate of drug-likeness (QED) is 0.581. The van der Waals surface area contributed by atoms with E-state index in [0.717, 1.165) is 11.3 Å². The van der Waals surface area contributed by atoms with E-state index in [-0.39, 0.29) is 23.3 Å². The molecule has 0 radical (unpaired) electrons. The normalized spacial score (nSPS) is 14.1. The molecule has 0 fully saturated rings. The van der Waals surface area contributed by atoms with Gasteiger partial charge in [-0.15, -0.1) is 0 Å². The van der Waals surface area contributed by atoms with Gasteiger partial charge in [-0.05, 0) is 37.1 Å². The van der Waals surface area contributed by atoms with Crippen molar-refractivity contribution in [3.05, 3.63) is 73.4 Å². The molecule has 0 spiro atoms. The highest BCUT2D eigenvalue weighted by molar-refractivity contribution is 6.04. The zero-order chi connectivity index (χ0) is 19.1. The second-order valence-corrected chi connectivity index (χ2v) is 6.61. The van der Waals surface area contributed by atoms with Crippen LogP contribution in [0.15, 0.2) is 44.3 Å². The number of carbonyl (C=O) groups excluding carboxylic acids is 1. The maximum absolute atomic E-state index is 12.1. The fraction of sp³-hybridized carbons (Fsp3) is 0.250. The molecule has 7 nitrogen and oxygen atoms in total. The van der Waals surface area contributed by atoms with E-state index in [1.54, 1.807) is 12.1 Å². The molecule has 138 valence electrons. The Morgan fingerprint density at radius 1 is 1.11 bits per heavy atom. The highest BCUT2D eigenvalue weighted by atomic mass is 16.3. The number of fused-ring (bicyclic) bond motifs is 1. The van der Waals surface area contributed by atoms with Gasteiger partial charge < -0.3 is 20.4 Å². The van der Waals surface area contributed by atoms with Gasteiger partial charge in [0.05, 0.1) is 17.3 Å². The molecule has 0 aliphatic carbocycles. The first-order chi connectivity index (χ1) is 13.0. The van der Waals surface area contributed by atoms with Crippen molar-refractivity contribution in [3.8, 4) is 0 Å². The summed E-state index contributed by atoms with van der Waals surface area (Å²) in [6.45, 7) is 4.26. The van der Waals surface area contributed by atoms with Crippen LogP contribution in [0.4, 0.5) is 17.1 Å². The summed E-state index contributed by atoms with van der Waals surface area (Å²) in [4.78, 5) is 36.3. The molecule has 0 saturated heterocycles. The Morgan fingerprint density at radius 2 is 1.89 bits per heavy atom. The molecule has 1 amide bonds. The number of benzene rings is 1. The van der Waals surface area contributed by atoms with Gasteiger partial charge in [-0.3, -0.25) is 14.4 Å². The van der Waals surface area contributed by atoms with Gasteiger partial charge in [-0.25, -0.2) is 0 Å². The van der Waals surface area contributed by atoms with Crippen LogP contribution in [0.5, 0.6) is 0 Å². The third-order valence-corrected chi connectivity index (χ3v) is 4.82. The van der Waals surface area contributed by atoms with E-state index in [2.05, 4.69) is 16.0 Å². The van der Waals surface area contributed by atoms with Crippen LogP contribution in [0.3, 0.4) is 0 Å². The molecular weight excluding hydrogens is 346 g/mol. The third kappa shape index (κ3) is 2.81. The fourth-order valence-corrected chi connectivity index (χ4v) is 3.36. The first-order valence-electron chi connectivity index (χ1n) is 8.83. The van der Waals surface area contributed by atoms with Crippen LogP contribution in [0.25, 0.3) is 0 Å². The number of furan rings is 1. The molecule has 1 aromatic heterocycles. The second-order valence-electron chi connectivity index (χ2n) is 6.61. The van der Waals surface area contributed by atoms with Crippen LogP contribution in [0.1, 0.15) is 46.8 Å². The summed E-state index contributed by atoms with van der Waals surface area (Å²) in [7, 11) is 0. The number of anilines is 3. The van der Waals surface area contributed by atoms with Crippen molar-refractivity contribution >= 4 is 23.0 Å². The van der Waals surface area contributed by atoms with Gasteiger partial charge in [0.1, 0.15) is 22.9 Å². The monoisotopic (exact) mass is 365 g/mol. The number of amides is 1. The lowest BCUT2D eigenvalue weighted by molar-refractivity contribution is 0.0966. The first kappa shape index (κ1) is 17.1. The summed E-state index contributed by atoms with van der Waals surface area (Å²) in [5, 5.41) is 8.85. The van der Waals surface area contributed by atoms with Gasteiger partial charge in [0.15, 0.2) is 0 Å². The lowest BCUT2D eigenvalue weighted by Gasteiger charge is -2.20. The Balaban J connectivity index is 1.64. The minimum atomic E-state index is -0.598. The van der Waals surface area contributed by atoms with Gasteiger partial charge >= 0.3 is 0 Å². The van der Waals surface area contributed by atoms with Gasteiger partial charge in [0.25, 0.3) is 16.8 Å². The molecule has 1 aliphatic rings. The van der Waals surface area contributed by atoms with Crippen molar-refractivity contribution in [1.29, 1.82) is 0 Å². The minimum absolute atomic E-state index is 0.176. The van der Waals surface area contributed by atoms with E-state index < -0.39 is 10.9 Å². The van der Waals surface area contributed by atoms with Gasteiger partial charge in [-0.2, -0.15) is 0 Å². The maximum atomic E-state index is 12.1. The molecule has 27 heavy (non-hydrogen) atoms. The molecule has 3 aromatic rings. The number of carbonyl (C=O) groups is 1. The van der Waals surface area contributed by atoms with E-state index in [1.807, 2.05) is 32.0 Å². The van der Waals surface area contributed by atoms with Crippen molar-refractivity contribution in [1.82, 2.24) is 5.32 Å². The molecule has 3 N–H and O–H groups in total. The van der Waals surface area contributed by atoms with E-state index in [4.69, 9.17) is 4.42 Å². The molecule has 1 aliphatic heterocycles. The Bertz CT molecular complexity index is 1110. The smallest absolute Gasteiger partial charge is 0.254 e. The Morgan fingerprint density at radius 3 is 2.59 bits per heavy atom. The summed E-state index contributed by atoms with van der Waals surface area (Å²) >= 11 is 0. The van der Waals surface area contributed by atoms with E-state index in [1.165, 1.54) is 0 Å². The molecular formula is C20H19N3O4. The zero-order valence-electron chi connectivity index (χ0n) is 15.0. The summed E-state index contributed by atoms with van der Waals surface area (Å²) in [6.07, 6.45) is 0.675. The summed E-state index contributed by atoms with van der Waals surface area (Å²) in [6, 6.07) is 8.85. The summed E-state index contributed by atoms with van der Waals surface area (Å²) in [5.74, 6) is 1.28. The average molecular weight is 365 g/mol. The number of hydrogen-bond acceptors (Lipinski definition) is 6. The Kier molecular flexibility index (Phi) is 4.07. The second kappa shape index (κ2) is 6.42. The van der Waals surface area contributed by atoms with Crippen molar-refractivity contribution in [2.24, 2.45) is 0 Å². The first-order valence-corrected chi connectivity index (χ1v) is 8.83. The highest BCUT2D eigenvalue weighted by Crippen LogP contribution is 2.31. The molecule has 4 rings (SSSR count). The van der Waals surface area contributed by atoms with Crippen LogP contribution < -0.4 is 26.8 Å². The standard InChI is InChI=1S/C20H19N3O4/c1-3-12(14-8-7-10(2)27-14)22-16-17(19(25)18(16)24)23-13-6-4-5-11-9-21-20(26)15(11)13/h4-8,12,22-23H,3,9H2,1-2H3,(H,21,26). The molecule has 1 unspecified atom stereocenters. The summed E-state index contributed by atoms with van der Waals surface area (Å²) < 4.78 is 5.64. The molecule has 7 heteroatoms. The average Bonchev–Trinajstić information content (AvgIpc) is 3.27. The van der Waals surface area contributed by atoms with Gasteiger partial charge in [-0.1, -0.05) is 19.1 Å². The van der Waals surface area contributed by atoms with Crippen LogP contribution in [-0.2, 0) is 6.54 Å². The zero-order valence-corrected chi connectivity index (χ0v) is 15.0. The molecule has 0 saturated carbocycles. The van der Waals surface area contributed by atoms with Crippen molar-refractivity contribution < 1.29 is 9.21 Å². The number of aryl methyl sites for hydroxylation is 1. The summed E-state index contributed by atoms with van der Waals surface area (Å²) in [5.41, 5.74) is 1.10. The molecule has 0 bridgehead atoms. The third-order valence-electron chi connectivity index (χ3n) is 4.82. The minimum Gasteiger partial charge on any atom is -0.464 e. The number of rotatable bonds is 6. The molecule has 2 aromatic carbocycles. The predicted octanol–water partition coefficient (Wildman–Crippen LogP) is 2.73. The van der Waals surface area contributed by atoms with Crippen molar-refractivity contribution in [2.75, 3.05) is 10.6 Å². The Labute approximate surface area is 155 Å². The van der Waals surface area contributed by atoms with Gasteiger partial charge in [0, 0.05) is 6.54 Å². The fourth-order valence-electron chi connectivity index (χ4n) is 3.36. The van der Waals surface area contributed by atoms with Crippen LogP contribution in [0.2, 0.25) is 0 Å². The molecule has 2 heterocycles. The lowest BCUT2D eigenvalue weighted by atomic mass is 10.1. The highest BCUT2D eigenvalue weighted by Gasteiger charge is 2.28.